The van der Waals surface area contributed by atoms with Crippen molar-refractivity contribution >= 4 is 0 Å². The summed E-state index contributed by atoms with van der Waals surface area (Å²) >= 11 is 0. The van der Waals surface area contributed by atoms with Crippen LogP contribution in [0.4, 0.5) is 0 Å². The molecule has 0 amide bonds. The number of fused-ring (bicyclic) bond motifs is 1. The number of aromatic nitrogens is 2. The summed E-state index contributed by atoms with van der Waals surface area (Å²) in [5.41, 5.74) is 2.79. The summed E-state index contributed by atoms with van der Waals surface area (Å²) in [5.74, 6) is 1.07. The monoisotopic (exact) mass is 273 g/mol. The van der Waals surface area contributed by atoms with Gasteiger partial charge >= 0.3 is 0 Å². The van der Waals surface area contributed by atoms with Crippen molar-refractivity contribution in [2.24, 2.45) is 7.05 Å². The van der Waals surface area contributed by atoms with E-state index in [-0.39, 0.29) is 0 Å². The van der Waals surface area contributed by atoms with E-state index < -0.39 is 0 Å². The highest BCUT2D eigenvalue weighted by molar-refractivity contribution is 5.24. The van der Waals surface area contributed by atoms with Crippen molar-refractivity contribution in [3.63, 3.8) is 0 Å². The van der Waals surface area contributed by atoms with Gasteiger partial charge in [-0.05, 0) is 44.7 Å². The first-order valence-electron chi connectivity index (χ1n) is 7.53. The van der Waals surface area contributed by atoms with Gasteiger partial charge in [0.15, 0.2) is 0 Å². The number of rotatable bonds is 5. The minimum Gasteiger partial charge on any atom is -0.469 e. The molecule has 2 unspecified atom stereocenters. The van der Waals surface area contributed by atoms with Gasteiger partial charge in [0.1, 0.15) is 5.76 Å². The van der Waals surface area contributed by atoms with E-state index in [0.29, 0.717) is 12.1 Å². The summed E-state index contributed by atoms with van der Waals surface area (Å²) in [5, 5.41) is 8.16. The molecule has 2 aromatic heterocycles. The zero-order valence-corrected chi connectivity index (χ0v) is 12.3. The van der Waals surface area contributed by atoms with Crippen LogP contribution >= 0.6 is 0 Å². The average Bonchev–Trinajstić information content (AvgIpc) is 3.08. The van der Waals surface area contributed by atoms with Crippen LogP contribution < -0.4 is 5.32 Å². The molecule has 1 aliphatic rings. The largest absolute Gasteiger partial charge is 0.469 e. The lowest BCUT2D eigenvalue weighted by Crippen LogP contribution is -2.33. The Morgan fingerprint density at radius 3 is 3.25 bits per heavy atom. The maximum atomic E-state index is 5.39. The Hall–Kier alpha value is -1.55. The van der Waals surface area contributed by atoms with Crippen LogP contribution in [0.2, 0.25) is 0 Å². The van der Waals surface area contributed by atoms with E-state index in [9.17, 15) is 0 Å². The van der Waals surface area contributed by atoms with E-state index >= 15 is 0 Å². The van der Waals surface area contributed by atoms with Crippen LogP contribution in [0, 0.1) is 0 Å². The number of aryl methyl sites for hydroxylation is 2. The van der Waals surface area contributed by atoms with Crippen molar-refractivity contribution in [2.45, 2.75) is 51.1 Å². The second-order valence-electron chi connectivity index (χ2n) is 5.80. The Kier molecular flexibility index (Phi) is 3.92. The Labute approximate surface area is 120 Å². The first-order chi connectivity index (χ1) is 9.74. The Morgan fingerprint density at radius 1 is 1.55 bits per heavy atom. The molecule has 20 heavy (non-hydrogen) atoms. The lowest BCUT2D eigenvalue weighted by atomic mass is 9.92. The third-order valence-corrected chi connectivity index (χ3v) is 4.27. The minimum absolute atomic E-state index is 0.457. The van der Waals surface area contributed by atoms with Gasteiger partial charge in [0.25, 0.3) is 0 Å². The molecule has 0 bridgehead atoms. The lowest BCUT2D eigenvalue weighted by molar-refractivity contribution is 0.383. The van der Waals surface area contributed by atoms with Gasteiger partial charge < -0.3 is 9.73 Å². The zero-order valence-electron chi connectivity index (χ0n) is 12.3. The summed E-state index contributed by atoms with van der Waals surface area (Å²) in [4.78, 5) is 0. The fourth-order valence-corrected chi connectivity index (χ4v) is 3.12. The molecule has 108 valence electrons. The second-order valence-corrected chi connectivity index (χ2v) is 5.80. The van der Waals surface area contributed by atoms with Gasteiger partial charge in [-0.2, -0.15) is 5.10 Å². The summed E-state index contributed by atoms with van der Waals surface area (Å²) in [7, 11) is 2.04. The summed E-state index contributed by atoms with van der Waals surface area (Å²) in [6.07, 6.45) is 9.49. The average molecular weight is 273 g/mol. The van der Waals surface area contributed by atoms with Crippen LogP contribution in [-0.4, -0.2) is 15.8 Å². The highest BCUT2D eigenvalue weighted by Crippen LogP contribution is 2.29. The molecule has 3 rings (SSSR count). The molecular formula is C16H23N3O. The maximum absolute atomic E-state index is 5.39. The molecule has 1 N–H and O–H groups in total. The summed E-state index contributed by atoms with van der Waals surface area (Å²) < 4.78 is 7.42. The molecule has 4 nitrogen and oxygen atoms in total. The predicted molar refractivity (Wildman–Crippen MR) is 78.5 cm³/mol. The first kappa shape index (κ1) is 13.4. The smallest absolute Gasteiger partial charge is 0.103 e. The van der Waals surface area contributed by atoms with Crippen molar-refractivity contribution < 1.29 is 4.42 Å². The van der Waals surface area contributed by atoms with Gasteiger partial charge in [-0.3, -0.25) is 4.68 Å². The van der Waals surface area contributed by atoms with Gasteiger partial charge in [0.05, 0.1) is 12.5 Å². The molecule has 0 radical (unpaired) electrons. The van der Waals surface area contributed by atoms with Crippen LogP contribution in [0.3, 0.4) is 0 Å². The predicted octanol–water partition coefficient (Wildman–Crippen LogP) is 3.00. The van der Waals surface area contributed by atoms with E-state index in [2.05, 4.69) is 17.3 Å². The second kappa shape index (κ2) is 5.83. The van der Waals surface area contributed by atoms with E-state index in [1.54, 1.807) is 6.26 Å². The number of nitrogens with one attached hydrogen (secondary N) is 1. The topological polar surface area (TPSA) is 43.0 Å². The van der Waals surface area contributed by atoms with Crippen molar-refractivity contribution in [3.05, 3.63) is 41.6 Å². The molecular weight excluding hydrogens is 250 g/mol. The quantitative estimate of drug-likeness (QED) is 0.910. The SMILES string of the molecule is CC(CCc1ccco1)NC1CCCc2c1cnn2C. The molecule has 0 aliphatic heterocycles. The molecule has 0 aromatic carbocycles. The number of furan rings is 1. The summed E-state index contributed by atoms with van der Waals surface area (Å²) in [6, 6.07) is 4.94. The van der Waals surface area contributed by atoms with E-state index in [4.69, 9.17) is 4.42 Å². The highest BCUT2D eigenvalue weighted by Gasteiger charge is 2.24. The van der Waals surface area contributed by atoms with Crippen molar-refractivity contribution in [2.75, 3.05) is 0 Å². The van der Waals surface area contributed by atoms with Crippen molar-refractivity contribution in [1.82, 2.24) is 15.1 Å². The number of hydrogen-bond acceptors (Lipinski definition) is 3. The summed E-state index contributed by atoms with van der Waals surface area (Å²) in [6.45, 7) is 2.26. The number of nitrogens with zero attached hydrogens (tertiary/aromatic N) is 2. The molecule has 2 heterocycles. The normalized spacial score (nSPS) is 19.8. The Balaban J connectivity index is 1.58. The van der Waals surface area contributed by atoms with Crippen LogP contribution in [0.5, 0.6) is 0 Å². The zero-order chi connectivity index (χ0) is 13.9. The Morgan fingerprint density at radius 2 is 2.45 bits per heavy atom. The lowest BCUT2D eigenvalue weighted by Gasteiger charge is -2.27. The minimum atomic E-state index is 0.457. The van der Waals surface area contributed by atoms with Gasteiger partial charge in [-0.15, -0.1) is 0 Å². The third-order valence-electron chi connectivity index (χ3n) is 4.27. The molecule has 0 saturated carbocycles. The van der Waals surface area contributed by atoms with Crippen LogP contribution in [0.15, 0.2) is 29.0 Å². The molecule has 0 spiro atoms. The fourth-order valence-electron chi connectivity index (χ4n) is 3.12. The van der Waals surface area contributed by atoms with Gasteiger partial charge in [-0.1, -0.05) is 0 Å². The van der Waals surface area contributed by atoms with E-state index in [0.717, 1.165) is 25.0 Å². The number of hydrogen-bond donors (Lipinski definition) is 1. The highest BCUT2D eigenvalue weighted by atomic mass is 16.3. The van der Waals surface area contributed by atoms with Gasteiger partial charge in [-0.25, -0.2) is 0 Å². The fraction of sp³-hybridized carbons (Fsp3) is 0.562. The standard InChI is InChI=1S/C16H23N3O/c1-12(8-9-13-5-4-10-20-13)18-15-6-3-7-16-14(15)11-17-19(16)2/h4-5,10-12,15,18H,3,6-9H2,1-2H3. The molecule has 0 saturated heterocycles. The van der Waals surface area contributed by atoms with Crippen LogP contribution in [0.25, 0.3) is 0 Å². The molecule has 2 aromatic rings. The Bertz CT molecular complexity index is 544. The maximum Gasteiger partial charge on any atom is 0.103 e. The molecule has 0 fully saturated rings. The van der Waals surface area contributed by atoms with E-state index in [1.165, 1.54) is 24.1 Å². The molecule has 4 heteroatoms. The van der Waals surface area contributed by atoms with Crippen molar-refractivity contribution in [1.29, 1.82) is 0 Å². The van der Waals surface area contributed by atoms with Crippen LogP contribution in [0.1, 0.15) is 49.2 Å². The molecule has 1 aliphatic carbocycles. The van der Waals surface area contributed by atoms with Gasteiger partial charge in [0.2, 0.25) is 0 Å². The van der Waals surface area contributed by atoms with Crippen molar-refractivity contribution in [3.8, 4) is 0 Å². The van der Waals surface area contributed by atoms with Gasteiger partial charge in [0, 0.05) is 36.8 Å². The molecule has 2 atom stereocenters. The first-order valence-corrected chi connectivity index (χ1v) is 7.53. The van der Waals surface area contributed by atoms with Crippen LogP contribution in [-0.2, 0) is 19.9 Å². The third kappa shape index (κ3) is 2.80. The van der Waals surface area contributed by atoms with E-state index in [1.807, 2.05) is 30.1 Å².